The van der Waals surface area contributed by atoms with Crippen molar-refractivity contribution in [3.8, 4) is 5.69 Å². The Morgan fingerprint density at radius 1 is 1.33 bits per heavy atom. The van der Waals surface area contributed by atoms with E-state index < -0.39 is 0 Å². The molecule has 0 unspecified atom stereocenters. The van der Waals surface area contributed by atoms with Crippen LogP contribution in [0.3, 0.4) is 0 Å². The molecule has 0 fully saturated rings. The Labute approximate surface area is 125 Å². The fourth-order valence-corrected chi connectivity index (χ4v) is 2.07. The fourth-order valence-electron chi connectivity index (χ4n) is 2.07. The first-order valence-corrected chi connectivity index (χ1v) is 7.44. The van der Waals surface area contributed by atoms with Crippen molar-refractivity contribution >= 4 is 5.91 Å². The average Bonchev–Trinajstić information content (AvgIpc) is 3.00. The molecule has 5 heteroatoms. The molecule has 0 spiro atoms. The number of carbonyl (C=O) groups excluding carboxylic acids is 1. The molecule has 0 bridgehead atoms. The van der Waals surface area contributed by atoms with Gasteiger partial charge in [0.2, 0.25) is 5.91 Å². The van der Waals surface area contributed by atoms with Crippen LogP contribution in [0.15, 0.2) is 36.7 Å². The molecule has 1 aromatic carbocycles. The molecule has 0 saturated heterocycles. The monoisotopic (exact) mass is 286 g/mol. The van der Waals surface area contributed by atoms with Crippen LogP contribution in [0.25, 0.3) is 5.69 Å². The quantitative estimate of drug-likeness (QED) is 0.851. The maximum atomic E-state index is 11.9. The second-order valence-corrected chi connectivity index (χ2v) is 5.20. The van der Waals surface area contributed by atoms with E-state index in [1.165, 1.54) is 0 Å². The van der Waals surface area contributed by atoms with Gasteiger partial charge in [-0.3, -0.25) is 4.79 Å². The van der Waals surface area contributed by atoms with Crippen LogP contribution in [0.5, 0.6) is 0 Å². The van der Waals surface area contributed by atoms with Crippen molar-refractivity contribution in [2.24, 2.45) is 5.92 Å². The van der Waals surface area contributed by atoms with E-state index in [-0.39, 0.29) is 11.8 Å². The molecule has 0 aliphatic rings. The molecule has 0 saturated carbocycles. The van der Waals surface area contributed by atoms with E-state index in [2.05, 4.69) is 22.3 Å². The molecule has 0 aliphatic carbocycles. The van der Waals surface area contributed by atoms with Gasteiger partial charge < -0.3 is 5.32 Å². The van der Waals surface area contributed by atoms with Gasteiger partial charge in [0, 0.05) is 5.92 Å². The summed E-state index contributed by atoms with van der Waals surface area (Å²) < 4.78 is 1.71. The maximum Gasteiger partial charge on any atom is 0.223 e. The first-order valence-electron chi connectivity index (χ1n) is 7.44. The lowest BCUT2D eigenvalue weighted by atomic mass is 10.0. The van der Waals surface area contributed by atoms with Crippen LogP contribution >= 0.6 is 0 Å². The van der Waals surface area contributed by atoms with Gasteiger partial charge in [0.25, 0.3) is 0 Å². The lowest BCUT2D eigenvalue weighted by molar-refractivity contribution is -0.124. The summed E-state index contributed by atoms with van der Waals surface area (Å²) in [4.78, 5) is 16.1. The summed E-state index contributed by atoms with van der Waals surface area (Å²) in [6.45, 7) is 4.46. The lowest BCUT2D eigenvalue weighted by Crippen LogP contribution is -2.29. The number of aromatic nitrogens is 3. The third-order valence-electron chi connectivity index (χ3n) is 3.42. The Morgan fingerprint density at radius 2 is 2.10 bits per heavy atom. The summed E-state index contributed by atoms with van der Waals surface area (Å²) in [5.74, 6) is 0.732. The molecule has 1 atom stereocenters. The van der Waals surface area contributed by atoms with Crippen molar-refractivity contribution < 1.29 is 4.79 Å². The van der Waals surface area contributed by atoms with Gasteiger partial charge in [0.15, 0.2) is 5.82 Å². The summed E-state index contributed by atoms with van der Waals surface area (Å²) >= 11 is 0. The van der Waals surface area contributed by atoms with Gasteiger partial charge in [-0.25, -0.2) is 9.67 Å². The van der Waals surface area contributed by atoms with E-state index in [1.807, 2.05) is 37.3 Å². The molecule has 0 radical (unpaired) electrons. The largest absolute Gasteiger partial charge is 0.348 e. The maximum absolute atomic E-state index is 11.9. The SMILES string of the molecule is CCCC[C@@H](C)C(=O)NCc1ncn(-c2ccccc2)n1. The van der Waals surface area contributed by atoms with Crippen molar-refractivity contribution in [1.29, 1.82) is 0 Å². The Hall–Kier alpha value is -2.17. The number of para-hydroxylation sites is 1. The molecular formula is C16H22N4O. The number of carbonyl (C=O) groups is 1. The standard InChI is InChI=1S/C16H22N4O/c1-3-4-8-13(2)16(21)17-11-15-18-12-20(19-15)14-9-6-5-7-10-14/h5-7,9-10,12-13H,3-4,8,11H2,1-2H3,(H,17,21)/t13-/m1/s1. The van der Waals surface area contributed by atoms with Crippen molar-refractivity contribution in [2.75, 3.05) is 0 Å². The highest BCUT2D eigenvalue weighted by Gasteiger charge is 2.12. The first-order chi connectivity index (χ1) is 10.2. The summed E-state index contributed by atoms with van der Waals surface area (Å²) in [5.41, 5.74) is 0.957. The van der Waals surface area contributed by atoms with Gasteiger partial charge in [-0.2, -0.15) is 0 Å². The van der Waals surface area contributed by atoms with Gasteiger partial charge in [-0.05, 0) is 18.6 Å². The molecule has 21 heavy (non-hydrogen) atoms. The smallest absolute Gasteiger partial charge is 0.223 e. The van der Waals surface area contributed by atoms with Crippen LogP contribution in [0.2, 0.25) is 0 Å². The van der Waals surface area contributed by atoms with Gasteiger partial charge in [-0.15, -0.1) is 5.10 Å². The number of amides is 1. The summed E-state index contributed by atoms with van der Waals surface area (Å²) in [6.07, 6.45) is 4.78. The lowest BCUT2D eigenvalue weighted by Gasteiger charge is -2.10. The predicted octanol–water partition coefficient (Wildman–Crippen LogP) is 2.71. The number of benzene rings is 1. The van der Waals surface area contributed by atoms with E-state index in [9.17, 15) is 4.79 Å². The Bertz CT molecular complexity index is 565. The zero-order valence-corrected chi connectivity index (χ0v) is 12.6. The summed E-state index contributed by atoms with van der Waals surface area (Å²) in [5, 5.41) is 7.26. The van der Waals surface area contributed by atoms with Gasteiger partial charge in [-0.1, -0.05) is 44.9 Å². The van der Waals surface area contributed by atoms with E-state index >= 15 is 0 Å². The highest BCUT2D eigenvalue weighted by atomic mass is 16.1. The number of nitrogens with zero attached hydrogens (tertiary/aromatic N) is 3. The highest BCUT2D eigenvalue weighted by molar-refractivity contribution is 5.78. The number of unbranched alkanes of at least 4 members (excludes halogenated alkanes) is 1. The molecule has 1 aromatic heterocycles. The van der Waals surface area contributed by atoms with Crippen LogP contribution in [0.4, 0.5) is 0 Å². The minimum atomic E-state index is 0.0427. The fraction of sp³-hybridized carbons (Fsp3) is 0.438. The molecular weight excluding hydrogens is 264 g/mol. The number of rotatable bonds is 7. The molecule has 0 aliphatic heterocycles. The van der Waals surface area contributed by atoms with Crippen LogP contribution < -0.4 is 5.32 Å². The van der Waals surface area contributed by atoms with Crippen LogP contribution in [-0.2, 0) is 11.3 Å². The third kappa shape index (κ3) is 4.41. The highest BCUT2D eigenvalue weighted by Crippen LogP contribution is 2.08. The number of hydrogen-bond acceptors (Lipinski definition) is 3. The predicted molar refractivity (Wildman–Crippen MR) is 81.9 cm³/mol. The first kappa shape index (κ1) is 15.2. The zero-order valence-electron chi connectivity index (χ0n) is 12.6. The Balaban J connectivity index is 1.87. The molecule has 5 nitrogen and oxygen atoms in total. The minimum absolute atomic E-state index is 0.0427. The van der Waals surface area contributed by atoms with Crippen LogP contribution in [-0.4, -0.2) is 20.7 Å². The van der Waals surface area contributed by atoms with Crippen molar-refractivity contribution in [3.63, 3.8) is 0 Å². The van der Waals surface area contributed by atoms with Gasteiger partial charge >= 0.3 is 0 Å². The van der Waals surface area contributed by atoms with E-state index in [0.717, 1.165) is 24.9 Å². The molecule has 1 amide bonds. The van der Waals surface area contributed by atoms with Gasteiger partial charge in [0.05, 0.1) is 12.2 Å². The Kier molecular flexibility index (Phi) is 5.49. The van der Waals surface area contributed by atoms with Crippen molar-refractivity contribution in [3.05, 3.63) is 42.5 Å². The second-order valence-electron chi connectivity index (χ2n) is 5.20. The van der Waals surface area contributed by atoms with Crippen LogP contribution in [0, 0.1) is 5.92 Å². The van der Waals surface area contributed by atoms with Crippen molar-refractivity contribution in [2.45, 2.75) is 39.7 Å². The third-order valence-corrected chi connectivity index (χ3v) is 3.42. The minimum Gasteiger partial charge on any atom is -0.348 e. The summed E-state index contributed by atoms with van der Waals surface area (Å²) in [7, 11) is 0. The molecule has 1 N–H and O–H groups in total. The zero-order chi connectivity index (χ0) is 15.1. The molecule has 1 heterocycles. The topological polar surface area (TPSA) is 59.8 Å². The normalized spacial score (nSPS) is 12.1. The molecule has 112 valence electrons. The molecule has 2 aromatic rings. The second kappa shape index (κ2) is 7.57. The van der Waals surface area contributed by atoms with Crippen LogP contribution in [0.1, 0.15) is 38.9 Å². The summed E-state index contributed by atoms with van der Waals surface area (Å²) in [6, 6.07) is 9.79. The van der Waals surface area contributed by atoms with E-state index in [0.29, 0.717) is 12.4 Å². The average molecular weight is 286 g/mol. The van der Waals surface area contributed by atoms with E-state index in [4.69, 9.17) is 0 Å². The van der Waals surface area contributed by atoms with E-state index in [1.54, 1.807) is 11.0 Å². The van der Waals surface area contributed by atoms with Crippen molar-refractivity contribution in [1.82, 2.24) is 20.1 Å². The molecule has 2 rings (SSSR count). The van der Waals surface area contributed by atoms with Gasteiger partial charge in [0.1, 0.15) is 6.33 Å². The Morgan fingerprint density at radius 3 is 2.81 bits per heavy atom. The number of nitrogens with one attached hydrogen (secondary N) is 1. The number of hydrogen-bond donors (Lipinski definition) is 1.